The van der Waals surface area contributed by atoms with Crippen LogP contribution in [0.25, 0.3) is 0 Å². The van der Waals surface area contributed by atoms with Crippen LogP contribution in [0.2, 0.25) is 0 Å². The summed E-state index contributed by atoms with van der Waals surface area (Å²) in [5, 5.41) is 15.5. The molecule has 2 aromatic rings. The minimum atomic E-state index is -1.04. The zero-order valence-corrected chi connectivity index (χ0v) is 24.0. The molecule has 0 aliphatic carbocycles. The van der Waals surface area contributed by atoms with Crippen LogP contribution in [0.1, 0.15) is 70.2 Å². The SMILES string of the molecule is C=CCN(C(=O)C(Cc1ccc(O)cc1)NC(=O)OC(C)(C)C)C(C(=O)NC(C)CCC)c1ccccc1C. The maximum atomic E-state index is 14.2. The molecule has 8 nitrogen and oxygen atoms in total. The fourth-order valence-corrected chi connectivity index (χ4v) is 4.35. The number of phenols is 1. The van der Waals surface area contributed by atoms with Gasteiger partial charge >= 0.3 is 6.09 Å². The smallest absolute Gasteiger partial charge is 0.408 e. The van der Waals surface area contributed by atoms with Gasteiger partial charge in [0.1, 0.15) is 23.4 Å². The van der Waals surface area contributed by atoms with Gasteiger partial charge < -0.3 is 25.4 Å². The lowest BCUT2D eigenvalue weighted by atomic mass is 9.96. The Bertz CT molecular complexity index is 1120. The van der Waals surface area contributed by atoms with Gasteiger partial charge in [0, 0.05) is 19.0 Å². The molecule has 39 heavy (non-hydrogen) atoms. The summed E-state index contributed by atoms with van der Waals surface area (Å²) >= 11 is 0. The van der Waals surface area contributed by atoms with Crippen LogP contribution in [0.3, 0.4) is 0 Å². The number of phenolic OH excluding ortho intramolecular Hbond substituents is 1. The minimum Gasteiger partial charge on any atom is -0.508 e. The molecule has 0 saturated carbocycles. The summed E-state index contributed by atoms with van der Waals surface area (Å²) in [6, 6.07) is 11.8. The second-order valence-corrected chi connectivity index (χ2v) is 10.8. The molecule has 8 heteroatoms. The van der Waals surface area contributed by atoms with Crippen molar-refractivity contribution in [1.82, 2.24) is 15.5 Å². The van der Waals surface area contributed by atoms with Gasteiger partial charge in [-0.15, -0.1) is 6.58 Å². The summed E-state index contributed by atoms with van der Waals surface area (Å²) in [6.07, 6.45) is 2.65. The van der Waals surface area contributed by atoms with Gasteiger partial charge in [0.05, 0.1) is 0 Å². The first-order valence-electron chi connectivity index (χ1n) is 13.4. The molecular weight excluding hydrogens is 494 g/mol. The maximum absolute atomic E-state index is 14.2. The van der Waals surface area contributed by atoms with Crippen LogP contribution in [0.15, 0.2) is 61.2 Å². The van der Waals surface area contributed by atoms with Crippen LogP contribution in [0, 0.1) is 6.92 Å². The van der Waals surface area contributed by atoms with Crippen molar-refractivity contribution < 1.29 is 24.2 Å². The van der Waals surface area contributed by atoms with Crippen LogP contribution in [-0.2, 0) is 20.7 Å². The lowest BCUT2D eigenvalue weighted by molar-refractivity contribution is -0.142. The first-order chi connectivity index (χ1) is 18.4. The topological polar surface area (TPSA) is 108 Å². The van der Waals surface area contributed by atoms with Gasteiger partial charge in [-0.25, -0.2) is 4.79 Å². The van der Waals surface area contributed by atoms with Crippen LogP contribution in [0.5, 0.6) is 5.75 Å². The highest BCUT2D eigenvalue weighted by Crippen LogP contribution is 2.26. The van der Waals surface area contributed by atoms with Crippen LogP contribution < -0.4 is 10.6 Å². The molecule has 0 spiro atoms. The lowest BCUT2D eigenvalue weighted by Gasteiger charge is -2.35. The Balaban J connectivity index is 2.54. The number of hydrogen-bond donors (Lipinski definition) is 3. The zero-order chi connectivity index (χ0) is 29.2. The highest BCUT2D eigenvalue weighted by Gasteiger charge is 2.36. The van der Waals surface area contributed by atoms with Crippen LogP contribution >= 0.6 is 0 Å². The predicted molar refractivity (Wildman–Crippen MR) is 153 cm³/mol. The van der Waals surface area contributed by atoms with Gasteiger partial charge in [-0.1, -0.05) is 55.8 Å². The summed E-state index contributed by atoms with van der Waals surface area (Å²) in [4.78, 5) is 42.2. The van der Waals surface area contributed by atoms with E-state index >= 15 is 0 Å². The molecule has 2 aromatic carbocycles. The van der Waals surface area contributed by atoms with E-state index in [2.05, 4.69) is 17.2 Å². The number of carbonyl (C=O) groups is 3. The average molecular weight is 538 g/mol. The van der Waals surface area contributed by atoms with Crippen molar-refractivity contribution in [2.75, 3.05) is 6.54 Å². The van der Waals surface area contributed by atoms with E-state index < -0.39 is 29.7 Å². The lowest BCUT2D eigenvalue weighted by Crippen LogP contribution is -2.54. The monoisotopic (exact) mass is 537 g/mol. The zero-order valence-electron chi connectivity index (χ0n) is 24.0. The molecule has 3 unspecified atom stereocenters. The highest BCUT2D eigenvalue weighted by atomic mass is 16.6. The summed E-state index contributed by atoms with van der Waals surface area (Å²) in [6.45, 7) is 15.0. The molecule has 2 rings (SSSR count). The number of hydrogen-bond acceptors (Lipinski definition) is 5. The number of aromatic hydroxyl groups is 1. The number of rotatable bonds is 12. The second-order valence-electron chi connectivity index (χ2n) is 10.8. The van der Waals surface area contributed by atoms with Crippen LogP contribution in [0.4, 0.5) is 4.79 Å². The summed E-state index contributed by atoms with van der Waals surface area (Å²) in [5.41, 5.74) is 1.50. The van der Waals surface area contributed by atoms with Gasteiger partial charge in [-0.2, -0.15) is 0 Å². The van der Waals surface area contributed by atoms with Crippen molar-refractivity contribution in [3.63, 3.8) is 0 Å². The number of aryl methyl sites for hydroxylation is 1. The Hall–Kier alpha value is -3.81. The average Bonchev–Trinajstić information content (AvgIpc) is 2.84. The Morgan fingerprint density at radius 3 is 2.28 bits per heavy atom. The normalized spacial score (nSPS) is 13.5. The number of amides is 3. The molecule has 0 aliphatic heterocycles. The highest BCUT2D eigenvalue weighted by molar-refractivity contribution is 5.92. The van der Waals surface area contributed by atoms with Gasteiger partial charge in [0.2, 0.25) is 11.8 Å². The van der Waals surface area contributed by atoms with Crippen molar-refractivity contribution in [3.05, 3.63) is 77.9 Å². The molecule has 0 heterocycles. The van der Waals surface area contributed by atoms with E-state index in [0.717, 1.165) is 18.4 Å². The van der Waals surface area contributed by atoms with Crippen LogP contribution in [-0.4, -0.2) is 52.1 Å². The Morgan fingerprint density at radius 1 is 1.08 bits per heavy atom. The van der Waals surface area contributed by atoms with E-state index in [1.165, 1.54) is 17.0 Å². The van der Waals surface area contributed by atoms with Crippen molar-refractivity contribution in [1.29, 1.82) is 0 Å². The van der Waals surface area contributed by atoms with Crippen molar-refractivity contribution >= 4 is 17.9 Å². The number of benzene rings is 2. The summed E-state index contributed by atoms with van der Waals surface area (Å²) in [5.74, 6) is -0.672. The number of carbonyl (C=O) groups excluding carboxylic acids is 3. The number of nitrogens with zero attached hydrogens (tertiary/aromatic N) is 1. The Labute approximate surface area is 232 Å². The fourth-order valence-electron chi connectivity index (χ4n) is 4.35. The van der Waals surface area contributed by atoms with Gasteiger partial charge in [0.15, 0.2) is 0 Å². The summed E-state index contributed by atoms with van der Waals surface area (Å²) < 4.78 is 5.45. The van der Waals surface area contributed by atoms with E-state index in [9.17, 15) is 19.5 Å². The van der Waals surface area contributed by atoms with E-state index in [-0.39, 0.29) is 30.7 Å². The first-order valence-corrected chi connectivity index (χ1v) is 13.4. The first kappa shape index (κ1) is 31.4. The van der Waals surface area contributed by atoms with E-state index in [1.807, 2.05) is 45.0 Å². The van der Waals surface area contributed by atoms with Gasteiger partial charge in [-0.3, -0.25) is 9.59 Å². The van der Waals surface area contributed by atoms with Crippen molar-refractivity contribution in [2.45, 2.75) is 84.5 Å². The van der Waals surface area contributed by atoms with Crippen molar-refractivity contribution in [2.24, 2.45) is 0 Å². The van der Waals surface area contributed by atoms with E-state index in [4.69, 9.17) is 4.74 Å². The fraction of sp³-hybridized carbons (Fsp3) is 0.452. The van der Waals surface area contributed by atoms with Gasteiger partial charge in [-0.05, 0) is 69.9 Å². The maximum Gasteiger partial charge on any atom is 0.408 e. The summed E-state index contributed by atoms with van der Waals surface area (Å²) in [7, 11) is 0. The largest absolute Gasteiger partial charge is 0.508 e. The molecule has 0 aliphatic rings. The van der Waals surface area contributed by atoms with E-state index in [0.29, 0.717) is 11.1 Å². The molecule has 0 aromatic heterocycles. The molecule has 3 N–H and O–H groups in total. The molecule has 212 valence electrons. The molecule has 0 bridgehead atoms. The molecular formula is C31H43N3O5. The molecule has 0 fully saturated rings. The Morgan fingerprint density at radius 2 is 1.72 bits per heavy atom. The third kappa shape index (κ3) is 9.78. The molecule has 0 saturated heterocycles. The number of alkyl carbamates (subject to hydrolysis) is 1. The second kappa shape index (κ2) is 14.4. The Kier molecular flexibility index (Phi) is 11.6. The van der Waals surface area contributed by atoms with E-state index in [1.54, 1.807) is 39.0 Å². The third-order valence-corrected chi connectivity index (χ3v) is 6.13. The molecule has 3 atom stereocenters. The number of nitrogens with one attached hydrogen (secondary N) is 2. The third-order valence-electron chi connectivity index (χ3n) is 6.13. The van der Waals surface area contributed by atoms with Gasteiger partial charge in [0.25, 0.3) is 0 Å². The number of ether oxygens (including phenoxy) is 1. The molecule has 3 amide bonds. The predicted octanol–water partition coefficient (Wildman–Crippen LogP) is 5.20. The molecule has 0 radical (unpaired) electrons. The van der Waals surface area contributed by atoms with Crippen molar-refractivity contribution in [3.8, 4) is 5.75 Å². The quantitative estimate of drug-likeness (QED) is 0.323. The minimum absolute atomic E-state index is 0.0789. The standard InChI is InChI=1S/C31H43N3O5/c1-8-12-22(4)32-28(36)27(25-14-11-10-13-21(25)3)34(19-9-2)29(37)26(33-30(38)39-31(5,6)7)20-23-15-17-24(35)18-16-23/h9-11,13-18,22,26-27,35H,2,8,12,19-20H2,1,3-7H3,(H,32,36)(H,33,38).